The molecule has 86 valence electrons. The first-order valence-corrected chi connectivity index (χ1v) is 5.78. The molecule has 0 amide bonds. The molecule has 2 heterocycles. The van der Waals surface area contributed by atoms with Crippen LogP contribution in [0.25, 0.3) is 0 Å². The highest BCUT2D eigenvalue weighted by atomic mass is 35.5. The maximum Gasteiger partial charge on any atom is 0.205 e. The van der Waals surface area contributed by atoms with E-state index >= 15 is 0 Å². The molecule has 0 spiro atoms. The summed E-state index contributed by atoms with van der Waals surface area (Å²) >= 11 is 6.00. The van der Waals surface area contributed by atoms with E-state index in [1.807, 2.05) is 18.2 Å². The Morgan fingerprint density at radius 3 is 3.12 bits per heavy atom. The SMILES string of the molecule is CO[C@H]1c2cc(Cl)ccc2O[C@H]2OCC[C@H]21. The van der Waals surface area contributed by atoms with Crippen LogP contribution < -0.4 is 4.74 Å². The highest BCUT2D eigenvalue weighted by Gasteiger charge is 2.42. The molecule has 1 saturated heterocycles. The Morgan fingerprint density at radius 1 is 1.44 bits per heavy atom. The van der Waals surface area contributed by atoms with Gasteiger partial charge in [0, 0.05) is 17.7 Å². The quantitative estimate of drug-likeness (QED) is 0.756. The standard InChI is InChI=1S/C12H13ClO3/c1-14-11-8-4-5-15-12(8)16-10-3-2-7(13)6-9(10)11/h2-3,6,8,11-12H,4-5H2,1H3/t8-,11+,12+/m0/s1. The minimum absolute atomic E-state index is 0.0231. The largest absolute Gasteiger partial charge is 0.464 e. The van der Waals surface area contributed by atoms with Crippen molar-refractivity contribution in [3.05, 3.63) is 28.8 Å². The zero-order chi connectivity index (χ0) is 11.1. The van der Waals surface area contributed by atoms with Gasteiger partial charge in [0.25, 0.3) is 0 Å². The summed E-state index contributed by atoms with van der Waals surface area (Å²) in [5.41, 5.74) is 1.03. The fourth-order valence-electron chi connectivity index (χ4n) is 2.50. The lowest BCUT2D eigenvalue weighted by Crippen LogP contribution is -2.33. The minimum atomic E-state index is -0.168. The molecule has 1 aromatic rings. The summed E-state index contributed by atoms with van der Waals surface area (Å²) in [6.07, 6.45) is 0.823. The van der Waals surface area contributed by atoms with Crippen LogP contribution in [0.2, 0.25) is 5.02 Å². The van der Waals surface area contributed by atoms with Crippen LogP contribution in [0.3, 0.4) is 0 Å². The molecule has 0 aromatic heterocycles. The van der Waals surface area contributed by atoms with Crippen molar-refractivity contribution in [2.45, 2.75) is 18.8 Å². The summed E-state index contributed by atoms with van der Waals surface area (Å²) in [6.45, 7) is 0.733. The monoisotopic (exact) mass is 240 g/mol. The van der Waals surface area contributed by atoms with E-state index in [9.17, 15) is 0 Å². The third-order valence-corrected chi connectivity index (χ3v) is 3.48. The number of methoxy groups -OCH3 is 1. The molecule has 0 saturated carbocycles. The van der Waals surface area contributed by atoms with Crippen LogP contribution in [0.15, 0.2) is 18.2 Å². The number of halogens is 1. The molecule has 0 bridgehead atoms. The minimum Gasteiger partial charge on any atom is -0.464 e. The van der Waals surface area contributed by atoms with Gasteiger partial charge in [-0.15, -0.1) is 0 Å². The third-order valence-electron chi connectivity index (χ3n) is 3.25. The average molecular weight is 241 g/mol. The van der Waals surface area contributed by atoms with Crippen molar-refractivity contribution < 1.29 is 14.2 Å². The van der Waals surface area contributed by atoms with E-state index in [0.717, 1.165) is 24.3 Å². The van der Waals surface area contributed by atoms with E-state index in [-0.39, 0.29) is 18.3 Å². The summed E-state index contributed by atoms with van der Waals surface area (Å²) in [7, 11) is 1.72. The Morgan fingerprint density at radius 2 is 2.31 bits per heavy atom. The van der Waals surface area contributed by atoms with Crippen molar-refractivity contribution in [2.75, 3.05) is 13.7 Å². The number of ether oxygens (including phenoxy) is 3. The molecule has 3 nitrogen and oxygen atoms in total. The number of hydrogen-bond acceptors (Lipinski definition) is 3. The maximum absolute atomic E-state index is 6.00. The Kier molecular flexibility index (Phi) is 2.54. The number of hydrogen-bond donors (Lipinski definition) is 0. The Labute approximate surface area is 99.3 Å². The van der Waals surface area contributed by atoms with Crippen molar-refractivity contribution in [1.82, 2.24) is 0 Å². The first-order chi connectivity index (χ1) is 7.79. The molecule has 0 aliphatic carbocycles. The van der Waals surface area contributed by atoms with Gasteiger partial charge in [-0.2, -0.15) is 0 Å². The van der Waals surface area contributed by atoms with Gasteiger partial charge in [-0.25, -0.2) is 0 Å². The fraction of sp³-hybridized carbons (Fsp3) is 0.500. The Bertz CT molecular complexity index is 407. The maximum atomic E-state index is 6.00. The van der Waals surface area contributed by atoms with E-state index in [1.54, 1.807) is 7.11 Å². The smallest absolute Gasteiger partial charge is 0.205 e. The van der Waals surface area contributed by atoms with Crippen LogP contribution in [-0.4, -0.2) is 20.0 Å². The topological polar surface area (TPSA) is 27.7 Å². The van der Waals surface area contributed by atoms with Crippen molar-refractivity contribution in [2.24, 2.45) is 5.92 Å². The van der Waals surface area contributed by atoms with Gasteiger partial charge >= 0.3 is 0 Å². The van der Waals surface area contributed by atoms with Gasteiger partial charge in [-0.1, -0.05) is 11.6 Å². The predicted molar refractivity (Wildman–Crippen MR) is 59.7 cm³/mol. The van der Waals surface area contributed by atoms with Gasteiger partial charge in [0.15, 0.2) is 0 Å². The van der Waals surface area contributed by atoms with E-state index in [1.165, 1.54) is 0 Å². The predicted octanol–water partition coefficient (Wildman–Crippen LogP) is 2.78. The van der Waals surface area contributed by atoms with Crippen LogP contribution in [0.1, 0.15) is 18.1 Å². The van der Waals surface area contributed by atoms with Gasteiger partial charge in [0.1, 0.15) is 5.75 Å². The van der Waals surface area contributed by atoms with Crippen LogP contribution >= 0.6 is 11.6 Å². The van der Waals surface area contributed by atoms with E-state index < -0.39 is 0 Å². The molecule has 1 fully saturated rings. The zero-order valence-corrected chi connectivity index (χ0v) is 9.74. The van der Waals surface area contributed by atoms with Gasteiger partial charge in [0.2, 0.25) is 6.29 Å². The first kappa shape index (κ1) is 10.4. The van der Waals surface area contributed by atoms with Crippen LogP contribution in [-0.2, 0) is 9.47 Å². The van der Waals surface area contributed by atoms with Crippen LogP contribution in [0, 0.1) is 5.92 Å². The second-order valence-electron chi connectivity index (χ2n) is 4.15. The first-order valence-electron chi connectivity index (χ1n) is 5.40. The molecule has 3 atom stereocenters. The summed E-state index contributed by atoms with van der Waals surface area (Å²) in [6, 6.07) is 5.61. The molecular formula is C12H13ClO3. The Hall–Kier alpha value is -0.770. The molecule has 2 aliphatic heterocycles. The van der Waals surface area contributed by atoms with Gasteiger partial charge in [0.05, 0.1) is 18.6 Å². The summed E-state index contributed by atoms with van der Waals surface area (Å²) in [4.78, 5) is 0. The molecule has 1 aromatic carbocycles. The molecule has 2 aliphatic rings. The molecule has 0 unspecified atom stereocenters. The van der Waals surface area contributed by atoms with Gasteiger partial charge in [-0.3, -0.25) is 0 Å². The number of benzene rings is 1. The molecular weight excluding hydrogens is 228 g/mol. The second-order valence-corrected chi connectivity index (χ2v) is 4.58. The van der Waals surface area contributed by atoms with E-state index in [0.29, 0.717) is 5.02 Å². The summed E-state index contributed by atoms with van der Waals surface area (Å²) < 4.78 is 16.9. The molecule has 0 N–H and O–H groups in total. The Balaban J connectivity index is 2.05. The molecule has 0 radical (unpaired) electrons. The molecule has 4 heteroatoms. The number of fused-ring (bicyclic) bond motifs is 2. The average Bonchev–Trinajstić information content (AvgIpc) is 2.73. The van der Waals surface area contributed by atoms with Crippen molar-refractivity contribution >= 4 is 11.6 Å². The van der Waals surface area contributed by atoms with Crippen molar-refractivity contribution in [1.29, 1.82) is 0 Å². The summed E-state index contributed by atoms with van der Waals surface area (Å²) in [5, 5.41) is 0.710. The van der Waals surface area contributed by atoms with Crippen molar-refractivity contribution in [3.8, 4) is 5.75 Å². The van der Waals surface area contributed by atoms with Crippen LogP contribution in [0.4, 0.5) is 0 Å². The lowest BCUT2D eigenvalue weighted by molar-refractivity contribution is -0.112. The van der Waals surface area contributed by atoms with Crippen LogP contribution in [0.5, 0.6) is 5.75 Å². The van der Waals surface area contributed by atoms with E-state index in [2.05, 4.69) is 0 Å². The highest BCUT2D eigenvalue weighted by molar-refractivity contribution is 6.30. The highest BCUT2D eigenvalue weighted by Crippen LogP contribution is 2.45. The van der Waals surface area contributed by atoms with E-state index in [4.69, 9.17) is 25.8 Å². The second kappa shape index (κ2) is 3.91. The van der Waals surface area contributed by atoms with Crippen molar-refractivity contribution in [3.63, 3.8) is 0 Å². The van der Waals surface area contributed by atoms with Gasteiger partial charge < -0.3 is 14.2 Å². The lowest BCUT2D eigenvalue weighted by atomic mass is 9.91. The summed E-state index contributed by atoms with van der Waals surface area (Å²) in [5.74, 6) is 1.09. The zero-order valence-electron chi connectivity index (χ0n) is 8.98. The third kappa shape index (κ3) is 1.51. The molecule has 16 heavy (non-hydrogen) atoms. The normalized spacial score (nSPS) is 31.8. The fourth-order valence-corrected chi connectivity index (χ4v) is 2.68. The number of rotatable bonds is 1. The lowest BCUT2D eigenvalue weighted by Gasteiger charge is -2.33. The molecule has 3 rings (SSSR count). The van der Waals surface area contributed by atoms with Gasteiger partial charge in [-0.05, 0) is 24.6 Å².